The molecule has 0 aliphatic carbocycles. The Balaban J connectivity index is 1.66. The Hall–Kier alpha value is -4.08. The molecule has 2 amide bonds. The third kappa shape index (κ3) is 3.88. The maximum absolute atomic E-state index is 12.4. The number of carbonyl (C=O) groups excluding carboxylic acids is 4. The van der Waals surface area contributed by atoms with Crippen LogP contribution in [-0.2, 0) is 9.53 Å². The quantitative estimate of drug-likeness (QED) is 0.222. The van der Waals surface area contributed by atoms with Crippen molar-refractivity contribution in [3.05, 3.63) is 69.3 Å². The molecule has 1 atom stereocenters. The van der Waals surface area contributed by atoms with Gasteiger partial charge < -0.3 is 9.47 Å². The summed E-state index contributed by atoms with van der Waals surface area (Å²) in [6.45, 7) is 0.649. The summed E-state index contributed by atoms with van der Waals surface area (Å²) in [6, 6.07) is 9.44. The first kappa shape index (κ1) is 20.6. The second kappa shape index (κ2) is 8.11. The number of hydrogen-bond donors (Lipinski definition) is 0. The Morgan fingerprint density at radius 2 is 1.70 bits per heavy atom. The van der Waals surface area contributed by atoms with Gasteiger partial charge in [0.25, 0.3) is 17.5 Å². The van der Waals surface area contributed by atoms with Crippen LogP contribution < -0.4 is 4.74 Å². The highest BCUT2D eigenvalue weighted by Gasteiger charge is 2.38. The number of ether oxygens (including phenoxy) is 2. The van der Waals surface area contributed by atoms with E-state index in [1.54, 1.807) is 12.1 Å². The predicted octanol–water partition coefficient (Wildman–Crippen LogP) is 2.01. The number of nitrogens with zero attached hydrogens (tertiary/aromatic N) is 2. The van der Waals surface area contributed by atoms with Crippen LogP contribution in [0.5, 0.6) is 5.75 Å². The van der Waals surface area contributed by atoms with E-state index in [9.17, 15) is 29.3 Å². The number of imide groups is 1. The van der Waals surface area contributed by atoms with E-state index < -0.39 is 41.1 Å². The average molecular weight is 412 g/mol. The van der Waals surface area contributed by atoms with E-state index in [-0.39, 0.29) is 16.8 Å². The molecule has 0 aromatic heterocycles. The summed E-state index contributed by atoms with van der Waals surface area (Å²) in [5.74, 6) is -2.49. The van der Waals surface area contributed by atoms with Gasteiger partial charge in [0.1, 0.15) is 12.3 Å². The van der Waals surface area contributed by atoms with Gasteiger partial charge in [-0.15, -0.1) is 0 Å². The number of amides is 2. The van der Waals surface area contributed by atoms with Gasteiger partial charge in [-0.25, -0.2) is 0 Å². The van der Waals surface area contributed by atoms with Gasteiger partial charge in [0.05, 0.1) is 23.2 Å². The molecule has 0 fully saturated rings. The lowest BCUT2D eigenvalue weighted by atomic mass is 10.1. The highest BCUT2D eigenvalue weighted by molar-refractivity contribution is 6.22. The molecule has 2 aromatic rings. The summed E-state index contributed by atoms with van der Waals surface area (Å²) in [5, 5.41) is 10.9. The monoisotopic (exact) mass is 412 g/mol. The molecule has 1 aliphatic heterocycles. The molecular weight excluding hydrogens is 396 g/mol. The van der Waals surface area contributed by atoms with E-state index in [1.165, 1.54) is 26.2 Å². The molecule has 154 valence electrons. The van der Waals surface area contributed by atoms with Crippen LogP contribution in [-0.4, -0.2) is 53.1 Å². The molecular formula is C20H16N2O8. The van der Waals surface area contributed by atoms with Crippen molar-refractivity contribution in [2.45, 2.75) is 13.0 Å². The number of ketones is 1. The van der Waals surface area contributed by atoms with E-state index in [4.69, 9.17) is 9.47 Å². The lowest BCUT2D eigenvalue weighted by Crippen LogP contribution is -2.37. The molecule has 0 radical (unpaired) electrons. The number of nitro benzene ring substituents is 1. The normalized spacial score (nSPS) is 13.6. The number of fused-ring (bicyclic) bond motifs is 1. The minimum Gasteiger partial charge on any atom is -0.497 e. The van der Waals surface area contributed by atoms with E-state index in [2.05, 4.69) is 0 Å². The molecule has 0 unspecified atom stereocenters. The molecule has 1 aliphatic rings. The van der Waals surface area contributed by atoms with Gasteiger partial charge in [-0.05, 0) is 37.3 Å². The Kier molecular flexibility index (Phi) is 5.58. The standard InChI is InChI=1S/C20H16N2O8/c1-11(18(24)12-3-6-14(29-2)7-4-12)30-17(23)10-21-19(25)15-8-5-13(22(27)28)9-16(15)20(21)26/h3-9,11H,10H2,1-2H3/t11-/m1/s1. The van der Waals surface area contributed by atoms with Crippen molar-refractivity contribution in [2.75, 3.05) is 13.7 Å². The highest BCUT2D eigenvalue weighted by Crippen LogP contribution is 2.26. The molecule has 10 heteroatoms. The largest absolute Gasteiger partial charge is 0.497 e. The van der Waals surface area contributed by atoms with Crippen LogP contribution in [0.25, 0.3) is 0 Å². The van der Waals surface area contributed by atoms with Gasteiger partial charge >= 0.3 is 5.97 Å². The third-order valence-electron chi connectivity index (χ3n) is 4.50. The Labute approximate surface area is 170 Å². The molecule has 0 bridgehead atoms. The van der Waals surface area contributed by atoms with Crippen LogP contribution in [0.2, 0.25) is 0 Å². The number of benzene rings is 2. The van der Waals surface area contributed by atoms with E-state index in [1.807, 2.05) is 0 Å². The third-order valence-corrected chi connectivity index (χ3v) is 4.50. The number of non-ortho nitro benzene ring substituents is 1. The van der Waals surface area contributed by atoms with Gasteiger partial charge in [0, 0.05) is 17.7 Å². The van der Waals surface area contributed by atoms with Crippen LogP contribution in [0.3, 0.4) is 0 Å². The molecule has 0 saturated heterocycles. The summed E-state index contributed by atoms with van der Waals surface area (Å²) in [5.41, 5.74) is -0.257. The zero-order valence-electron chi connectivity index (χ0n) is 16.0. The summed E-state index contributed by atoms with van der Waals surface area (Å²) < 4.78 is 10.1. The Bertz CT molecular complexity index is 1060. The molecule has 0 spiro atoms. The molecule has 0 N–H and O–H groups in total. The summed E-state index contributed by atoms with van der Waals surface area (Å²) >= 11 is 0. The number of esters is 1. The minimum atomic E-state index is -1.15. The van der Waals surface area contributed by atoms with Crippen molar-refractivity contribution in [3.63, 3.8) is 0 Å². The van der Waals surface area contributed by atoms with Crippen molar-refractivity contribution in [1.82, 2.24) is 4.90 Å². The topological polar surface area (TPSA) is 133 Å². The number of Topliss-reactive ketones (excluding diaryl/α,β-unsaturated/α-hetero) is 1. The van der Waals surface area contributed by atoms with Gasteiger partial charge in [-0.2, -0.15) is 0 Å². The van der Waals surface area contributed by atoms with E-state index in [0.29, 0.717) is 16.2 Å². The number of nitro groups is 1. The van der Waals surface area contributed by atoms with Crippen LogP contribution in [0.4, 0.5) is 5.69 Å². The second-order valence-corrected chi connectivity index (χ2v) is 6.41. The highest BCUT2D eigenvalue weighted by atomic mass is 16.6. The van der Waals surface area contributed by atoms with Crippen molar-refractivity contribution in [3.8, 4) is 5.75 Å². The molecule has 10 nitrogen and oxygen atoms in total. The van der Waals surface area contributed by atoms with Gasteiger partial charge in [-0.1, -0.05) is 0 Å². The summed E-state index contributed by atoms with van der Waals surface area (Å²) in [7, 11) is 1.48. The van der Waals surface area contributed by atoms with Crippen molar-refractivity contribution >= 4 is 29.3 Å². The number of carbonyl (C=O) groups is 4. The Morgan fingerprint density at radius 3 is 2.30 bits per heavy atom. The molecule has 30 heavy (non-hydrogen) atoms. The maximum atomic E-state index is 12.4. The van der Waals surface area contributed by atoms with Crippen molar-refractivity contribution < 1.29 is 33.6 Å². The lowest BCUT2D eigenvalue weighted by Gasteiger charge is -2.16. The minimum absolute atomic E-state index is 0.0410. The molecule has 1 heterocycles. The first-order valence-electron chi connectivity index (χ1n) is 8.75. The average Bonchev–Trinajstić information content (AvgIpc) is 2.97. The fourth-order valence-electron chi connectivity index (χ4n) is 2.94. The SMILES string of the molecule is COc1ccc(C(=O)[C@@H](C)OC(=O)CN2C(=O)c3ccc([N+](=O)[O-])cc3C2=O)cc1. The first-order valence-corrected chi connectivity index (χ1v) is 8.75. The van der Waals surface area contributed by atoms with Crippen LogP contribution >= 0.6 is 0 Å². The molecule has 2 aromatic carbocycles. The van der Waals surface area contributed by atoms with E-state index >= 15 is 0 Å². The number of rotatable bonds is 7. The zero-order chi connectivity index (χ0) is 22.0. The van der Waals surface area contributed by atoms with Crippen molar-refractivity contribution in [2.24, 2.45) is 0 Å². The zero-order valence-corrected chi connectivity index (χ0v) is 16.0. The van der Waals surface area contributed by atoms with Crippen molar-refractivity contribution in [1.29, 1.82) is 0 Å². The van der Waals surface area contributed by atoms with Gasteiger partial charge in [0.2, 0.25) is 5.78 Å². The van der Waals surface area contributed by atoms with E-state index in [0.717, 1.165) is 18.2 Å². The summed E-state index contributed by atoms with van der Waals surface area (Å²) in [4.78, 5) is 60.2. The smallest absolute Gasteiger partial charge is 0.326 e. The van der Waals surface area contributed by atoms with Crippen LogP contribution in [0.15, 0.2) is 42.5 Å². The fourth-order valence-corrected chi connectivity index (χ4v) is 2.94. The fraction of sp³-hybridized carbons (Fsp3) is 0.200. The maximum Gasteiger partial charge on any atom is 0.326 e. The molecule has 3 rings (SSSR count). The van der Waals surface area contributed by atoms with Crippen LogP contribution in [0.1, 0.15) is 38.0 Å². The predicted molar refractivity (Wildman–Crippen MR) is 101 cm³/mol. The second-order valence-electron chi connectivity index (χ2n) is 6.41. The van der Waals surface area contributed by atoms with Crippen LogP contribution in [0, 0.1) is 10.1 Å². The lowest BCUT2D eigenvalue weighted by molar-refractivity contribution is -0.384. The number of hydrogen-bond acceptors (Lipinski definition) is 8. The summed E-state index contributed by atoms with van der Waals surface area (Å²) in [6.07, 6.45) is -1.15. The first-order chi connectivity index (χ1) is 14.2. The Morgan fingerprint density at radius 1 is 1.07 bits per heavy atom. The number of methoxy groups -OCH3 is 1. The van der Waals surface area contributed by atoms with Gasteiger partial charge in [-0.3, -0.25) is 34.2 Å². The van der Waals surface area contributed by atoms with Gasteiger partial charge in [0.15, 0.2) is 6.10 Å². The molecule has 0 saturated carbocycles.